The predicted molar refractivity (Wildman–Crippen MR) is 133 cm³/mol. The van der Waals surface area contributed by atoms with Gasteiger partial charge in [0.1, 0.15) is 6.61 Å². The number of aliphatic carboxylic acids is 1. The fraction of sp³-hybridized carbons (Fsp3) is 0.464. The van der Waals surface area contributed by atoms with Crippen molar-refractivity contribution < 1.29 is 24.2 Å². The molecule has 4 rings (SSSR count). The van der Waals surface area contributed by atoms with Crippen LogP contribution in [-0.2, 0) is 14.3 Å². The fourth-order valence-electron chi connectivity index (χ4n) is 5.24. The Morgan fingerprint density at radius 2 is 1.66 bits per heavy atom. The zero-order valence-electron chi connectivity index (χ0n) is 20.2. The highest BCUT2D eigenvalue weighted by Crippen LogP contribution is 2.45. The number of amides is 2. The van der Waals surface area contributed by atoms with Crippen molar-refractivity contribution >= 4 is 18.0 Å². The number of hydrogen-bond acceptors (Lipinski definition) is 4. The number of carboxylic acids is 1. The van der Waals surface area contributed by atoms with E-state index in [1.165, 1.54) is 22.3 Å². The normalized spacial score (nSPS) is 16.4. The van der Waals surface area contributed by atoms with Crippen molar-refractivity contribution in [1.29, 1.82) is 0 Å². The molecule has 2 amide bonds. The lowest BCUT2D eigenvalue weighted by atomic mass is 9.66. The summed E-state index contributed by atoms with van der Waals surface area (Å²) in [6, 6.07) is 16.4. The molecule has 3 N–H and O–H groups in total. The van der Waals surface area contributed by atoms with Crippen LogP contribution in [0.15, 0.2) is 48.5 Å². The lowest BCUT2D eigenvalue weighted by Crippen LogP contribution is -2.44. The number of hydrogen-bond donors (Lipinski definition) is 3. The van der Waals surface area contributed by atoms with Crippen LogP contribution < -0.4 is 10.6 Å². The van der Waals surface area contributed by atoms with Gasteiger partial charge in [-0.05, 0) is 53.4 Å². The third kappa shape index (κ3) is 5.84. The first-order valence-corrected chi connectivity index (χ1v) is 12.5. The van der Waals surface area contributed by atoms with Crippen LogP contribution in [0, 0.1) is 11.3 Å². The van der Waals surface area contributed by atoms with Crippen molar-refractivity contribution in [1.82, 2.24) is 10.6 Å². The third-order valence-corrected chi connectivity index (χ3v) is 7.45. The standard InChI is InChI=1S/C28H34N2O5/c1-19(26(33)30-18-28(13-7-14-28)16-25(31)32)8-6-15-29-27(34)35-17-24-22-11-4-2-9-20(22)21-10-3-5-12-23(21)24/h2-5,9-12,19,24H,6-8,13-18H2,1H3,(H,29,34)(H,30,33)(H,31,32). The van der Waals surface area contributed by atoms with Crippen molar-refractivity contribution in [2.75, 3.05) is 19.7 Å². The zero-order chi connectivity index (χ0) is 24.8. The summed E-state index contributed by atoms with van der Waals surface area (Å²) < 4.78 is 5.54. The summed E-state index contributed by atoms with van der Waals surface area (Å²) in [5.41, 5.74) is 4.44. The number of ether oxygens (including phenoxy) is 1. The van der Waals surface area contributed by atoms with Crippen molar-refractivity contribution in [3.05, 3.63) is 59.7 Å². The highest BCUT2D eigenvalue weighted by atomic mass is 16.5. The molecule has 1 saturated carbocycles. The molecule has 186 valence electrons. The molecule has 0 saturated heterocycles. The Morgan fingerprint density at radius 1 is 1.03 bits per heavy atom. The van der Waals surface area contributed by atoms with E-state index < -0.39 is 12.1 Å². The maximum Gasteiger partial charge on any atom is 0.407 e. The smallest absolute Gasteiger partial charge is 0.407 e. The van der Waals surface area contributed by atoms with Crippen molar-refractivity contribution in [3.8, 4) is 11.1 Å². The number of nitrogens with one attached hydrogen (secondary N) is 2. The molecule has 0 aromatic heterocycles. The molecule has 35 heavy (non-hydrogen) atoms. The van der Waals surface area contributed by atoms with Crippen LogP contribution in [0.4, 0.5) is 4.79 Å². The molecule has 1 atom stereocenters. The number of fused-ring (bicyclic) bond motifs is 3. The monoisotopic (exact) mass is 478 g/mol. The summed E-state index contributed by atoms with van der Waals surface area (Å²) in [5.74, 6) is -1.06. The van der Waals surface area contributed by atoms with Gasteiger partial charge in [-0.15, -0.1) is 0 Å². The molecule has 0 spiro atoms. The van der Waals surface area contributed by atoms with Gasteiger partial charge in [0.2, 0.25) is 5.91 Å². The van der Waals surface area contributed by atoms with Crippen molar-refractivity contribution in [2.45, 2.75) is 51.4 Å². The molecule has 0 aliphatic heterocycles. The molecular formula is C28H34N2O5. The van der Waals surface area contributed by atoms with Crippen LogP contribution in [0.3, 0.4) is 0 Å². The Balaban J connectivity index is 1.16. The Hall–Kier alpha value is -3.35. The summed E-state index contributed by atoms with van der Waals surface area (Å²) >= 11 is 0. The second-order valence-electron chi connectivity index (χ2n) is 9.94. The van der Waals surface area contributed by atoms with Crippen LogP contribution >= 0.6 is 0 Å². The molecule has 7 nitrogen and oxygen atoms in total. The lowest BCUT2D eigenvalue weighted by Gasteiger charge is -2.41. The molecule has 0 heterocycles. The van der Waals surface area contributed by atoms with Crippen LogP contribution in [0.5, 0.6) is 0 Å². The van der Waals surface area contributed by atoms with Crippen LogP contribution in [0.2, 0.25) is 0 Å². The summed E-state index contributed by atoms with van der Waals surface area (Å²) in [6.07, 6.45) is 3.63. The van der Waals surface area contributed by atoms with Gasteiger partial charge < -0.3 is 20.5 Å². The first-order valence-electron chi connectivity index (χ1n) is 12.5. The van der Waals surface area contributed by atoms with Gasteiger partial charge in [0.05, 0.1) is 6.42 Å². The molecule has 7 heteroatoms. The summed E-state index contributed by atoms with van der Waals surface area (Å²) in [5, 5.41) is 14.8. The maximum atomic E-state index is 12.4. The molecular weight excluding hydrogens is 444 g/mol. The van der Waals surface area contributed by atoms with Gasteiger partial charge in [0.15, 0.2) is 0 Å². The third-order valence-electron chi connectivity index (χ3n) is 7.45. The Labute approximate surface area is 206 Å². The van der Waals surface area contributed by atoms with Crippen molar-refractivity contribution in [2.24, 2.45) is 11.3 Å². The number of alkyl carbamates (subject to hydrolysis) is 1. The highest BCUT2D eigenvalue weighted by molar-refractivity contribution is 5.79. The van der Waals surface area contributed by atoms with Gasteiger partial charge in [0, 0.05) is 24.9 Å². The number of carbonyl (C=O) groups excluding carboxylic acids is 2. The molecule has 0 bridgehead atoms. The Bertz CT molecular complexity index is 1030. The first kappa shape index (κ1) is 24.8. The van der Waals surface area contributed by atoms with E-state index in [4.69, 9.17) is 9.84 Å². The van der Waals surface area contributed by atoms with Crippen LogP contribution in [0.25, 0.3) is 11.1 Å². The van der Waals surface area contributed by atoms with E-state index in [0.717, 1.165) is 19.3 Å². The quantitative estimate of drug-likeness (QED) is 0.406. The number of carboxylic acid groups (broad SMARTS) is 1. The fourth-order valence-corrected chi connectivity index (χ4v) is 5.24. The minimum absolute atomic E-state index is 0.0250. The predicted octanol–water partition coefficient (Wildman–Crippen LogP) is 4.70. The molecule has 0 radical (unpaired) electrons. The van der Waals surface area contributed by atoms with E-state index in [0.29, 0.717) is 25.9 Å². The van der Waals surface area contributed by atoms with E-state index in [2.05, 4.69) is 34.9 Å². The largest absolute Gasteiger partial charge is 0.481 e. The van der Waals surface area contributed by atoms with Crippen LogP contribution in [0.1, 0.15) is 62.5 Å². The molecule has 2 aliphatic carbocycles. The number of carbonyl (C=O) groups is 3. The van der Waals surface area contributed by atoms with Crippen molar-refractivity contribution in [3.63, 3.8) is 0 Å². The van der Waals surface area contributed by atoms with Gasteiger partial charge in [0.25, 0.3) is 0 Å². The first-order chi connectivity index (χ1) is 16.9. The molecule has 1 unspecified atom stereocenters. The lowest BCUT2D eigenvalue weighted by molar-refractivity contribution is -0.142. The van der Waals surface area contributed by atoms with E-state index in [-0.39, 0.29) is 36.2 Å². The average Bonchev–Trinajstić information content (AvgIpc) is 3.15. The van der Waals surface area contributed by atoms with Gasteiger partial charge in [-0.3, -0.25) is 9.59 Å². The Morgan fingerprint density at radius 3 is 2.23 bits per heavy atom. The average molecular weight is 479 g/mol. The molecule has 2 aromatic carbocycles. The van der Waals surface area contributed by atoms with E-state index in [9.17, 15) is 14.4 Å². The maximum absolute atomic E-state index is 12.4. The van der Waals surface area contributed by atoms with E-state index in [1.807, 2.05) is 31.2 Å². The minimum Gasteiger partial charge on any atom is -0.481 e. The number of rotatable bonds is 11. The minimum atomic E-state index is -0.814. The molecule has 1 fully saturated rings. The van der Waals surface area contributed by atoms with Gasteiger partial charge >= 0.3 is 12.1 Å². The van der Waals surface area contributed by atoms with Gasteiger partial charge in [-0.1, -0.05) is 61.9 Å². The van der Waals surface area contributed by atoms with E-state index >= 15 is 0 Å². The molecule has 2 aromatic rings. The highest BCUT2D eigenvalue weighted by Gasteiger charge is 2.39. The van der Waals surface area contributed by atoms with E-state index in [1.54, 1.807) is 0 Å². The van der Waals surface area contributed by atoms with Gasteiger partial charge in [-0.25, -0.2) is 4.79 Å². The summed E-state index contributed by atoms with van der Waals surface area (Å²) in [4.78, 5) is 35.8. The second-order valence-corrected chi connectivity index (χ2v) is 9.94. The topological polar surface area (TPSA) is 105 Å². The number of benzene rings is 2. The Kier molecular flexibility index (Phi) is 7.73. The SMILES string of the molecule is CC(CCCNC(=O)OCC1c2ccccc2-c2ccccc21)C(=O)NCC1(CC(=O)O)CCC1. The van der Waals surface area contributed by atoms with Gasteiger partial charge in [-0.2, -0.15) is 0 Å². The molecule has 2 aliphatic rings. The summed E-state index contributed by atoms with van der Waals surface area (Å²) in [7, 11) is 0. The zero-order valence-corrected chi connectivity index (χ0v) is 20.2. The van der Waals surface area contributed by atoms with Crippen LogP contribution in [-0.4, -0.2) is 42.8 Å². The summed E-state index contributed by atoms with van der Waals surface area (Å²) in [6.45, 7) is 2.97. The second kappa shape index (κ2) is 10.9.